The van der Waals surface area contributed by atoms with E-state index in [1.54, 1.807) is 4.90 Å². The first-order valence-corrected chi connectivity index (χ1v) is 5.70. The van der Waals surface area contributed by atoms with Crippen LogP contribution in [-0.2, 0) is 4.79 Å². The molecule has 1 aliphatic rings. The summed E-state index contributed by atoms with van der Waals surface area (Å²) in [7, 11) is 0. The van der Waals surface area contributed by atoms with Gasteiger partial charge in [0.05, 0.1) is 6.04 Å². The predicted octanol–water partition coefficient (Wildman–Crippen LogP) is -0.615. The zero-order valence-electron chi connectivity index (χ0n) is 9.45. The molecule has 1 aliphatic heterocycles. The highest BCUT2D eigenvalue weighted by Crippen LogP contribution is 2.08. The van der Waals surface area contributed by atoms with Crippen LogP contribution < -0.4 is 16.8 Å². The molecule has 1 fully saturated rings. The molecule has 0 aromatic carbocycles. The second-order valence-corrected chi connectivity index (χ2v) is 4.03. The van der Waals surface area contributed by atoms with Crippen molar-refractivity contribution in [1.82, 2.24) is 10.2 Å². The maximum Gasteiger partial charge on any atom is 0.324 e. The Morgan fingerprint density at radius 3 is 2.44 bits per heavy atom. The molecular formula is C10H20N4O2. The number of carbonyl (C=O) groups excluding carboxylic acids is 2. The van der Waals surface area contributed by atoms with Crippen molar-refractivity contribution in [3.8, 4) is 0 Å². The Morgan fingerprint density at radius 1 is 1.25 bits per heavy atom. The standard InChI is InChI=1S/C10H20N4O2/c11-5-4-8(12)9(15)13-10(16)14-6-2-1-3-7-14/h8H,1-7,11-12H2,(H,13,15,16). The van der Waals surface area contributed by atoms with Crippen LogP contribution in [-0.4, -0.2) is 42.5 Å². The van der Waals surface area contributed by atoms with Crippen molar-refractivity contribution in [2.75, 3.05) is 19.6 Å². The Balaban J connectivity index is 2.34. The Kier molecular flexibility index (Phi) is 5.21. The number of imide groups is 1. The molecule has 0 aliphatic carbocycles. The molecule has 1 rings (SSSR count). The first-order valence-electron chi connectivity index (χ1n) is 5.70. The van der Waals surface area contributed by atoms with Crippen molar-refractivity contribution in [1.29, 1.82) is 0 Å². The molecule has 6 nitrogen and oxygen atoms in total. The summed E-state index contributed by atoms with van der Waals surface area (Å²) >= 11 is 0. The number of hydrogen-bond acceptors (Lipinski definition) is 4. The maximum atomic E-state index is 11.6. The largest absolute Gasteiger partial charge is 0.330 e. The molecule has 16 heavy (non-hydrogen) atoms. The number of urea groups is 1. The molecule has 0 aromatic heterocycles. The summed E-state index contributed by atoms with van der Waals surface area (Å²) < 4.78 is 0. The van der Waals surface area contributed by atoms with Crippen molar-refractivity contribution in [3.63, 3.8) is 0 Å². The van der Waals surface area contributed by atoms with Gasteiger partial charge in [0, 0.05) is 13.1 Å². The zero-order valence-corrected chi connectivity index (χ0v) is 9.45. The van der Waals surface area contributed by atoms with Crippen LogP contribution in [0, 0.1) is 0 Å². The molecule has 0 bridgehead atoms. The Hall–Kier alpha value is -1.14. The van der Waals surface area contributed by atoms with Crippen molar-refractivity contribution >= 4 is 11.9 Å². The second kappa shape index (κ2) is 6.44. The molecule has 1 atom stereocenters. The van der Waals surface area contributed by atoms with Gasteiger partial charge in [-0.25, -0.2) is 4.79 Å². The molecule has 3 amide bonds. The first-order chi connectivity index (χ1) is 7.65. The average molecular weight is 228 g/mol. The lowest BCUT2D eigenvalue weighted by Gasteiger charge is -2.26. The van der Waals surface area contributed by atoms with Crippen LogP contribution in [0.1, 0.15) is 25.7 Å². The normalized spacial score (nSPS) is 18.0. The molecule has 92 valence electrons. The smallest absolute Gasteiger partial charge is 0.324 e. The Bertz CT molecular complexity index is 251. The van der Waals surface area contributed by atoms with Gasteiger partial charge in [0.2, 0.25) is 5.91 Å². The SMILES string of the molecule is NCCC(N)C(=O)NC(=O)N1CCCCC1. The minimum Gasteiger partial charge on any atom is -0.330 e. The topological polar surface area (TPSA) is 101 Å². The van der Waals surface area contributed by atoms with E-state index >= 15 is 0 Å². The van der Waals surface area contributed by atoms with Gasteiger partial charge in [-0.1, -0.05) is 0 Å². The van der Waals surface area contributed by atoms with E-state index in [-0.39, 0.29) is 6.03 Å². The van der Waals surface area contributed by atoms with Crippen LogP contribution in [0.4, 0.5) is 4.79 Å². The van der Waals surface area contributed by atoms with Gasteiger partial charge in [-0.3, -0.25) is 10.1 Å². The highest BCUT2D eigenvalue weighted by atomic mass is 16.2. The molecular weight excluding hydrogens is 208 g/mol. The van der Waals surface area contributed by atoms with Gasteiger partial charge in [0.15, 0.2) is 0 Å². The highest BCUT2D eigenvalue weighted by Gasteiger charge is 2.21. The Morgan fingerprint density at radius 2 is 1.88 bits per heavy atom. The van der Waals surface area contributed by atoms with Gasteiger partial charge < -0.3 is 16.4 Å². The van der Waals surface area contributed by atoms with Crippen molar-refractivity contribution < 1.29 is 9.59 Å². The van der Waals surface area contributed by atoms with Crippen molar-refractivity contribution in [2.45, 2.75) is 31.7 Å². The number of nitrogens with two attached hydrogens (primary N) is 2. The van der Waals surface area contributed by atoms with Crippen LogP contribution >= 0.6 is 0 Å². The molecule has 0 radical (unpaired) electrons. The molecule has 0 spiro atoms. The lowest BCUT2D eigenvalue weighted by Crippen LogP contribution is -2.50. The number of piperidine rings is 1. The third-order valence-electron chi connectivity index (χ3n) is 2.69. The third kappa shape index (κ3) is 3.79. The van der Waals surface area contributed by atoms with E-state index in [0.29, 0.717) is 26.1 Å². The number of amides is 3. The monoisotopic (exact) mass is 228 g/mol. The summed E-state index contributed by atoms with van der Waals surface area (Å²) in [5.74, 6) is -0.443. The molecule has 5 N–H and O–H groups in total. The van der Waals surface area contributed by atoms with E-state index in [0.717, 1.165) is 19.3 Å². The van der Waals surface area contributed by atoms with Gasteiger partial charge in [-0.15, -0.1) is 0 Å². The number of hydrogen-bond donors (Lipinski definition) is 3. The summed E-state index contributed by atoms with van der Waals surface area (Å²) in [6, 6.07) is -1.03. The van der Waals surface area contributed by atoms with E-state index in [1.165, 1.54) is 0 Å². The Labute approximate surface area is 95.3 Å². The number of carbonyl (C=O) groups is 2. The molecule has 6 heteroatoms. The molecule has 1 heterocycles. The van der Waals surface area contributed by atoms with Gasteiger partial charge in [0.1, 0.15) is 0 Å². The first kappa shape index (κ1) is 12.9. The second-order valence-electron chi connectivity index (χ2n) is 4.03. The third-order valence-corrected chi connectivity index (χ3v) is 2.69. The van der Waals surface area contributed by atoms with E-state index < -0.39 is 11.9 Å². The molecule has 0 aromatic rings. The zero-order chi connectivity index (χ0) is 12.0. The quantitative estimate of drug-likeness (QED) is 0.599. The van der Waals surface area contributed by atoms with Gasteiger partial charge in [0.25, 0.3) is 0 Å². The van der Waals surface area contributed by atoms with Gasteiger partial charge >= 0.3 is 6.03 Å². The van der Waals surface area contributed by atoms with E-state index in [4.69, 9.17) is 11.5 Å². The summed E-state index contributed by atoms with van der Waals surface area (Å²) in [5, 5.41) is 2.30. The fraction of sp³-hybridized carbons (Fsp3) is 0.800. The molecule has 0 saturated carbocycles. The summed E-state index contributed by atoms with van der Waals surface area (Å²) in [6.45, 7) is 1.77. The van der Waals surface area contributed by atoms with Crippen molar-refractivity contribution in [2.24, 2.45) is 11.5 Å². The number of nitrogens with one attached hydrogen (secondary N) is 1. The summed E-state index contributed by atoms with van der Waals surface area (Å²) in [6.07, 6.45) is 3.52. The maximum absolute atomic E-state index is 11.6. The fourth-order valence-electron chi connectivity index (χ4n) is 1.68. The highest BCUT2D eigenvalue weighted by molar-refractivity contribution is 5.96. The number of nitrogens with zero attached hydrogens (tertiary/aromatic N) is 1. The summed E-state index contributed by atoms with van der Waals surface area (Å²) in [5.41, 5.74) is 10.8. The minimum absolute atomic E-state index is 0.336. The average Bonchev–Trinajstić information content (AvgIpc) is 2.30. The predicted molar refractivity (Wildman–Crippen MR) is 60.6 cm³/mol. The minimum atomic E-state index is -0.696. The molecule has 1 saturated heterocycles. The van der Waals surface area contributed by atoms with Crippen LogP contribution in [0.25, 0.3) is 0 Å². The lowest BCUT2D eigenvalue weighted by atomic mass is 10.1. The van der Waals surface area contributed by atoms with E-state index in [1.807, 2.05) is 0 Å². The van der Waals surface area contributed by atoms with Crippen LogP contribution in [0.2, 0.25) is 0 Å². The van der Waals surface area contributed by atoms with Crippen LogP contribution in [0.5, 0.6) is 0 Å². The fourth-order valence-corrected chi connectivity index (χ4v) is 1.68. The van der Waals surface area contributed by atoms with E-state index in [2.05, 4.69) is 5.32 Å². The van der Waals surface area contributed by atoms with Crippen LogP contribution in [0.3, 0.4) is 0 Å². The molecule has 1 unspecified atom stereocenters. The van der Waals surface area contributed by atoms with Gasteiger partial charge in [-0.2, -0.15) is 0 Å². The van der Waals surface area contributed by atoms with E-state index in [9.17, 15) is 9.59 Å². The lowest BCUT2D eigenvalue weighted by molar-refractivity contribution is -0.121. The van der Waals surface area contributed by atoms with Crippen LogP contribution in [0.15, 0.2) is 0 Å². The summed E-state index contributed by atoms with van der Waals surface area (Å²) in [4.78, 5) is 24.7. The van der Waals surface area contributed by atoms with Gasteiger partial charge in [-0.05, 0) is 32.2 Å². The number of rotatable bonds is 3. The number of likely N-dealkylation sites (tertiary alicyclic amines) is 1. The van der Waals surface area contributed by atoms with Crippen molar-refractivity contribution in [3.05, 3.63) is 0 Å².